The predicted octanol–water partition coefficient (Wildman–Crippen LogP) is 2.21. The van der Waals surface area contributed by atoms with Crippen LogP contribution in [0, 0.1) is 23.7 Å². The summed E-state index contributed by atoms with van der Waals surface area (Å²) in [5, 5.41) is 11.2. The third kappa shape index (κ3) is 21.0. The maximum Gasteiger partial charge on any atom is 0.328 e. The number of benzene rings is 1. The van der Waals surface area contributed by atoms with Crippen LogP contribution in [0.3, 0.4) is 0 Å². The highest BCUT2D eigenvalue weighted by atomic mass is 16.5. The van der Waals surface area contributed by atoms with Crippen molar-refractivity contribution in [3.63, 3.8) is 0 Å². The molecule has 1 aromatic carbocycles. The standard InChI is InChI=1S/C54H92N8O13/c1-14-36(6)48(42(71-11)33-45(65)62-27-19-22-41(62)49(72-12)37(7)50(66)58-40(54(70)73-13)32-39-20-16-15-17-21-39)61(10)53(69)46(34(2)3)59-52(68)47(35(4)5)60(9)44(64)23-18-26-56-51(67)38(8)57-43(63)24-28-74-30-31-75-29-25-55/h15-17,20-21,34-38,40-42,46-49H,14,18-19,22-33,55H2,1-13H3,(H,56,67)(H,57,63)(H,58,66)(H,59,68)/t36-,37+,38?,40-,41-,42+,46-,47?,48-,49+/m0/s1. The smallest absolute Gasteiger partial charge is 0.328 e. The van der Waals surface area contributed by atoms with Gasteiger partial charge in [0.1, 0.15) is 24.2 Å². The van der Waals surface area contributed by atoms with Crippen molar-refractivity contribution in [2.75, 3.05) is 81.5 Å². The molecule has 0 spiro atoms. The third-order valence-corrected chi connectivity index (χ3v) is 14.0. The zero-order valence-corrected chi connectivity index (χ0v) is 47.1. The van der Waals surface area contributed by atoms with Crippen molar-refractivity contribution in [2.24, 2.45) is 29.4 Å². The molecule has 1 aliphatic heterocycles. The molecule has 0 aromatic heterocycles. The van der Waals surface area contributed by atoms with Gasteiger partial charge in [-0.15, -0.1) is 0 Å². The van der Waals surface area contributed by atoms with Gasteiger partial charge in [-0.2, -0.15) is 0 Å². The quantitative estimate of drug-likeness (QED) is 0.0483. The van der Waals surface area contributed by atoms with Gasteiger partial charge in [-0.3, -0.25) is 33.6 Å². The zero-order chi connectivity index (χ0) is 56.4. The Kier molecular flexibility index (Phi) is 30.3. The van der Waals surface area contributed by atoms with E-state index in [1.165, 1.54) is 26.2 Å². The first-order valence-corrected chi connectivity index (χ1v) is 26.6. The fourth-order valence-electron chi connectivity index (χ4n) is 9.58. The zero-order valence-electron chi connectivity index (χ0n) is 47.1. The molecule has 0 aliphatic carbocycles. The molecule has 1 saturated heterocycles. The van der Waals surface area contributed by atoms with Crippen molar-refractivity contribution >= 4 is 47.3 Å². The Bertz CT molecular complexity index is 1940. The van der Waals surface area contributed by atoms with Crippen LogP contribution in [0.4, 0.5) is 0 Å². The van der Waals surface area contributed by atoms with E-state index >= 15 is 0 Å². The third-order valence-electron chi connectivity index (χ3n) is 14.0. The predicted molar refractivity (Wildman–Crippen MR) is 284 cm³/mol. The van der Waals surface area contributed by atoms with E-state index in [1.807, 2.05) is 71.9 Å². The average molecular weight is 1060 g/mol. The van der Waals surface area contributed by atoms with Crippen molar-refractivity contribution in [1.82, 2.24) is 36.0 Å². The van der Waals surface area contributed by atoms with Crippen molar-refractivity contribution in [3.05, 3.63) is 35.9 Å². The molecule has 1 aliphatic rings. The van der Waals surface area contributed by atoms with Crippen LogP contribution in [0.25, 0.3) is 0 Å². The van der Waals surface area contributed by atoms with E-state index in [0.717, 1.165) is 5.56 Å². The van der Waals surface area contributed by atoms with E-state index in [1.54, 1.807) is 37.7 Å². The number of hydrogen-bond donors (Lipinski definition) is 5. The fourth-order valence-corrected chi connectivity index (χ4v) is 9.58. The van der Waals surface area contributed by atoms with E-state index in [0.29, 0.717) is 52.2 Å². The van der Waals surface area contributed by atoms with Gasteiger partial charge in [-0.25, -0.2) is 4.79 Å². The van der Waals surface area contributed by atoms with E-state index in [9.17, 15) is 38.4 Å². The first-order chi connectivity index (χ1) is 35.6. The summed E-state index contributed by atoms with van der Waals surface area (Å²) in [7, 11) is 7.47. The second-order valence-corrected chi connectivity index (χ2v) is 20.2. The van der Waals surface area contributed by atoms with Crippen LogP contribution >= 0.6 is 0 Å². The summed E-state index contributed by atoms with van der Waals surface area (Å²) in [6.45, 7) is 16.8. The largest absolute Gasteiger partial charge is 0.467 e. The van der Waals surface area contributed by atoms with Crippen LogP contribution in [-0.2, 0) is 68.5 Å². The topological polar surface area (TPSA) is 267 Å². The van der Waals surface area contributed by atoms with Crippen molar-refractivity contribution in [1.29, 1.82) is 0 Å². The Morgan fingerprint density at radius 3 is 2.00 bits per heavy atom. The summed E-state index contributed by atoms with van der Waals surface area (Å²) >= 11 is 0. The highest BCUT2D eigenvalue weighted by molar-refractivity contribution is 5.93. The number of hydrogen-bond acceptors (Lipinski definition) is 14. The molecule has 426 valence electrons. The monoisotopic (exact) mass is 1060 g/mol. The molecule has 6 N–H and O–H groups in total. The molecular formula is C54H92N8O13. The molecule has 0 bridgehead atoms. The van der Waals surface area contributed by atoms with Gasteiger partial charge in [0, 0.05) is 67.2 Å². The van der Waals surface area contributed by atoms with Gasteiger partial charge in [0.05, 0.1) is 70.2 Å². The normalized spacial score (nSPS) is 17.1. The average Bonchev–Trinajstić information content (AvgIpc) is 3.87. The molecule has 21 nitrogen and oxygen atoms in total. The lowest BCUT2D eigenvalue weighted by molar-refractivity contribution is -0.149. The van der Waals surface area contributed by atoms with Gasteiger partial charge >= 0.3 is 5.97 Å². The molecule has 0 saturated carbocycles. The van der Waals surface area contributed by atoms with Gasteiger partial charge in [0.25, 0.3) is 0 Å². The van der Waals surface area contributed by atoms with Crippen LogP contribution in [0.2, 0.25) is 0 Å². The van der Waals surface area contributed by atoms with Crippen molar-refractivity contribution < 1.29 is 62.0 Å². The molecule has 21 heteroatoms. The maximum atomic E-state index is 14.7. The highest BCUT2D eigenvalue weighted by Gasteiger charge is 2.44. The Morgan fingerprint density at radius 1 is 0.773 bits per heavy atom. The number of methoxy groups -OCH3 is 3. The number of likely N-dealkylation sites (N-methyl/N-ethyl adjacent to an activating group) is 2. The Morgan fingerprint density at radius 2 is 1.43 bits per heavy atom. The summed E-state index contributed by atoms with van der Waals surface area (Å²) in [6.07, 6.45) is 0.947. The van der Waals surface area contributed by atoms with E-state index < -0.39 is 78.1 Å². The molecule has 2 rings (SSSR count). The summed E-state index contributed by atoms with van der Waals surface area (Å²) in [5.74, 6) is -4.82. The van der Waals surface area contributed by atoms with E-state index in [4.69, 9.17) is 29.4 Å². The molecule has 10 atom stereocenters. The number of carbonyl (C=O) groups is 8. The van der Waals surface area contributed by atoms with Crippen LogP contribution in [-0.4, -0.2) is 192 Å². The second kappa shape index (κ2) is 34.4. The number of nitrogens with zero attached hydrogens (tertiary/aromatic N) is 3. The van der Waals surface area contributed by atoms with Crippen molar-refractivity contribution in [2.45, 2.75) is 155 Å². The first-order valence-electron chi connectivity index (χ1n) is 26.6. The van der Waals surface area contributed by atoms with Gasteiger partial charge in [-0.05, 0) is 49.5 Å². The Hall–Kier alpha value is -5.22. The van der Waals surface area contributed by atoms with Crippen LogP contribution < -0.4 is 27.0 Å². The summed E-state index contributed by atoms with van der Waals surface area (Å²) in [4.78, 5) is 113. The number of nitrogens with two attached hydrogens (primary N) is 1. The van der Waals surface area contributed by atoms with Gasteiger partial charge < -0.3 is 65.4 Å². The lowest BCUT2D eigenvalue weighted by atomic mass is 9.89. The number of amides is 7. The number of likely N-dealkylation sites (tertiary alicyclic amines) is 1. The molecule has 2 unspecified atom stereocenters. The number of ether oxygens (including phenoxy) is 5. The van der Waals surface area contributed by atoms with Gasteiger partial charge in [0.2, 0.25) is 41.4 Å². The van der Waals surface area contributed by atoms with E-state index in [2.05, 4.69) is 21.3 Å². The summed E-state index contributed by atoms with van der Waals surface area (Å²) < 4.78 is 27.6. The minimum atomic E-state index is -0.997. The SMILES string of the molecule is CC[C@H](C)[C@@H]([C@@H](CC(=O)N1CCC[C@H]1[C@H](OC)[C@@H](C)C(=O)N[C@@H](Cc1ccccc1)C(=O)OC)OC)N(C)C(=O)[C@@H](NC(=O)C(C(C)C)N(C)C(=O)CCCNC(=O)C(C)NC(=O)CCOCCOCCN)C(C)C. The van der Waals surface area contributed by atoms with E-state index in [-0.39, 0.29) is 86.6 Å². The van der Waals surface area contributed by atoms with Gasteiger partial charge in [0.15, 0.2) is 0 Å². The molecular weight excluding hydrogens is 969 g/mol. The Balaban J connectivity index is 2.12. The minimum Gasteiger partial charge on any atom is -0.467 e. The number of nitrogens with one attached hydrogen (secondary N) is 4. The maximum absolute atomic E-state index is 14.7. The lowest BCUT2D eigenvalue weighted by Gasteiger charge is -2.41. The second-order valence-electron chi connectivity index (χ2n) is 20.2. The van der Waals surface area contributed by atoms with Gasteiger partial charge in [-0.1, -0.05) is 85.2 Å². The molecule has 1 fully saturated rings. The van der Waals surface area contributed by atoms with Crippen molar-refractivity contribution in [3.8, 4) is 0 Å². The number of esters is 1. The Labute approximate surface area is 446 Å². The summed E-state index contributed by atoms with van der Waals surface area (Å²) in [5.41, 5.74) is 6.22. The molecule has 75 heavy (non-hydrogen) atoms. The summed E-state index contributed by atoms with van der Waals surface area (Å²) in [6, 6.07) is 4.56. The molecule has 0 radical (unpaired) electrons. The van der Waals surface area contributed by atoms with Crippen LogP contribution in [0.5, 0.6) is 0 Å². The molecule has 1 heterocycles. The number of carbonyl (C=O) groups excluding carboxylic acids is 8. The van der Waals surface area contributed by atoms with Crippen LogP contribution in [0.1, 0.15) is 106 Å². The first kappa shape index (κ1) is 65.9. The molecule has 7 amide bonds. The highest BCUT2D eigenvalue weighted by Crippen LogP contribution is 2.30. The lowest BCUT2D eigenvalue weighted by Crippen LogP contribution is -2.60. The molecule has 1 aromatic rings. The fraction of sp³-hybridized carbons (Fsp3) is 0.741. The van der Waals surface area contributed by atoms with Crippen LogP contribution in [0.15, 0.2) is 30.3 Å². The number of rotatable bonds is 35. The minimum absolute atomic E-state index is 0.0225.